The largest absolute Gasteiger partial charge is 0.508 e. The summed E-state index contributed by atoms with van der Waals surface area (Å²) >= 11 is 0. The Balaban J connectivity index is 2.22. The van der Waals surface area contributed by atoms with Gasteiger partial charge in [-0.3, -0.25) is 4.98 Å². The molecule has 2 aromatic heterocycles. The summed E-state index contributed by atoms with van der Waals surface area (Å²) in [5, 5.41) is 22.8. The van der Waals surface area contributed by atoms with E-state index in [0.717, 1.165) is 0 Å². The van der Waals surface area contributed by atoms with Crippen molar-refractivity contribution in [3.05, 3.63) is 60.6 Å². The van der Waals surface area contributed by atoms with Gasteiger partial charge in [0.05, 0.1) is 17.6 Å². The molecule has 0 saturated carbocycles. The standard InChI is InChI=1S/C15H11N3O3/c19-12-5-3-11(4-6-12)18-14(10-2-1-7-16-8-10)13(9-17-18)15(20)21/h1-9,19H,(H,20,21). The van der Waals surface area contributed by atoms with Gasteiger partial charge in [0, 0.05) is 18.0 Å². The molecule has 6 heteroatoms. The Bertz CT molecular complexity index is 780. The molecule has 6 nitrogen and oxygen atoms in total. The Hall–Kier alpha value is -3.15. The fourth-order valence-corrected chi connectivity index (χ4v) is 2.08. The minimum atomic E-state index is -1.06. The number of carboxylic acids is 1. The Kier molecular flexibility index (Phi) is 3.12. The van der Waals surface area contributed by atoms with Crippen LogP contribution in [0.15, 0.2) is 55.0 Å². The highest BCUT2D eigenvalue weighted by molar-refractivity contribution is 5.95. The molecule has 104 valence electrons. The van der Waals surface area contributed by atoms with Crippen LogP contribution in [-0.2, 0) is 0 Å². The lowest BCUT2D eigenvalue weighted by atomic mass is 10.1. The SMILES string of the molecule is O=C(O)c1cnn(-c2ccc(O)cc2)c1-c1cccnc1. The van der Waals surface area contributed by atoms with Crippen LogP contribution in [0, 0.1) is 0 Å². The average Bonchev–Trinajstić information content (AvgIpc) is 2.94. The number of carboxylic acid groups (broad SMARTS) is 1. The molecule has 0 atom stereocenters. The molecule has 0 aliphatic heterocycles. The third kappa shape index (κ3) is 2.34. The van der Waals surface area contributed by atoms with Gasteiger partial charge in [-0.15, -0.1) is 0 Å². The van der Waals surface area contributed by atoms with Gasteiger partial charge >= 0.3 is 5.97 Å². The van der Waals surface area contributed by atoms with Crippen molar-refractivity contribution in [3.8, 4) is 22.7 Å². The fraction of sp³-hybridized carbons (Fsp3) is 0. The normalized spacial score (nSPS) is 10.5. The van der Waals surface area contributed by atoms with Crippen molar-refractivity contribution < 1.29 is 15.0 Å². The third-order valence-electron chi connectivity index (χ3n) is 3.03. The lowest BCUT2D eigenvalue weighted by Gasteiger charge is -2.08. The summed E-state index contributed by atoms with van der Waals surface area (Å²) in [6.07, 6.45) is 4.50. The molecule has 1 aromatic carbocycles. The average molecular weight is 281 g/mol. The van der Waals surface area contributed by atoms with E-state index < -0.39 is 5.97 Å². The molecule has 0 radical (unpaired) electrons. The number of hydrogen-bond acceptors (Lipinski definition) is 4. The number of aromatic hydroxyl groups is 1. The van der Waals surface area contributed by atoms with Gasteiger partial charge in [-0.1, -0.05) is 0 Å². The molecule has 0 aliphatic rings. The second kappa shape index (κ2) is 5.09. The van der Waals surface area contributed by atoms with Gasteiger partial charge < -0.3 is 10.2 Å². The second-order valence-electron chi connectivity index (χ2n) is 4.38. The van der Waals surface area contributed by atoms with Crippen molar-refractivity contribution in [1.82, 2.24) is 14.8 Å². The summed E-state index contributed by atoms with van der Waals surface area (Å²) in [4.78, 5) is 15.4. The van der Waals surface area contributed by atoms with E-state index in [-0.39, 0.29) is 11.3 Å². The first-order chi connectivity index (χ1) is 10.2. The van der Waals surface area contributed by atoms with E-state index in [9.17, 15) is 15.0 Å². The number of phenols is 1. The number of carbonyl (C=O) groups is 1. The van der Waals surface area contributed by atoms with Crippen molar-refractivity contribution in [2.45, 2.75) is 0 Å². The van der Waals surface area contributed by atoms with Gasteiger partial charge in [0.25, 0.3) is 0 Å². The topological polar surface area (TPSA) is 88.2 Å². The van der Waals surface area contributed by atoms with E-state index in [2.05, 4.69) is 10.1 Å². The number of pyridine rings is 1. The van der Waals surface area contributed by atoms with E-state index in [4.69, 9.17) is 0 Å². The van der Waals surface area contributed by atoms with Crippen LogP contribution in [0.25, 0.3) is 16.9 Å². The summed E-state index contributed by atoms with van der Waals surface area (Å²) in [5.41, 5.74) is 1.84. The maximum Gasteiger partial charge on any atom is 0.339 e. The van der Waals surface area contributed by atoms with Crippen molar-refractivity contribution in [2.24, 2.45) is 0 Å². The van der Waals surface area contributed by atoms with Crippen molar-refractivity contribution in [3.63, 3.8) is 0 Å². The first kappa shape index (κ1) is 12.9. The monoisotopic (exact) mass is 281 g/mol. The van der Waals surface area contributed by atoms with Crippen LogP contribution >= 0.6 is 0 Å². The van der Waals surface area contributed by atoms with Crippen LogP contribution in [0.4, 0.5) is 0 Å². The lowest BCUT2D eigenvalue weighted by molar-refractivity contribution is 0.0697. The lowest BCUT2D eigenvalue weighted by Crippen LogP contribution is -2.03. The predicted molar refractivity (Wildman–Crippen MR) is 75.4 cm³/mol. The summed E-state index contributed by atoms with van der Waals surface area (Å²) in [6.45, 7) is 0. The molecule has 0 aliphatic carbocycles. The Morgan fingerprint density at radius 2 is 1.86 bits per heavy atom. The van der Waals surface area contributed by atoms with Gasteiger partial charge in [-0.05, 0) is 36.4 Å². The van der Waals surface area contributed by atoms with Crippen molar-refractivity contribution >= 4 is 5.97 Å². The van der Waals surface area contributed by atoms with Crippen LogP contribution in [0.1, 0.15) is 10.4 Å². The summed E-state index contributed by atoms with van der Waals surface area (Å²) < 4.78 is 1.51. The molecular formula is C15H11N3O3. The zero-order chi connectivity index (χ0) is 14.8. The van der Waals surface area contributed by atoms with E-state index in [1.54, 1.807) is 36.7 Å². The molecule has 2 heterocycles. The third-order valence-corrected chi connectivity index (χ3v) is 3.03. The van der Waals surface area contributed by atoms with Gasteiger partial charge in [0.1, 0.15) is 11.3 Å². The summed E-state index contributed by atoms with van der Waals surface area (Å²) in [6, 6.07) is 9.86. The number of phenolic OH excluding ortho intramolecular Hbond substituents is 1. The smallest absolute Gasteiger partial charge is 0.339 e. The van der Waals surface area contributed by atoms with E-state index >= 15 is 0 Å². The number of aromatic nitrogens is 3. The molecule has 0 saturated heterocycles. The van der Waals surface area contributed by atoms with Gasteiger partial charge in [-0.25, -0.2) is 9.48 Å². The van der Waals surface area contributed by atoms with Gasteiger partial charge in [-0.2, -0.15) is 5.10 Å². The summed E-state index contributed by atoms with van der Waals surface area (Å²) in [7, 11) is 0. The zero-order valence-corrected chi connectivity index (χ0v) is 10.8. The van der Waals surface area contributed by atoms with E-state index in [0.29, 0.717) is 16.9 Å². The quantitative estimate of drug-likeness (QED) is 0.769. The molecule has 0 fully saturated rings. The Morgan fingerprint density at radius 3 is 2.48 bits per heavy atom. The van der Waals surface area contributed by atoms with Crippen molar-refractivity contribution in [1.29, 1.82) is 0 Å². The number of rotatable bonds is 3. The molecule has 0 bridgehead atoms. The first-order valence-corrected chi connectivity index (χ1v) is 6.18. The molecule has 3 aromatic rings. The number of aromatic carboxylic acids is 1. The van der Waals surface area contributed by atoms with Gasteiger partial charge in [0.2, 0.25) is 0 Å². The fourth-order valence-electron chi connectivity index (χ4n) is 2.08. The maximum atomic E-state index is 11.4. The number of nitrogens with zero attached hydrogens (tertiary/aromatic N) is 3. The van der Waals surface area contributed by atoms with E-state index in [1.165, 1.54) is 23.0 Å². The molecular weight excluding hydrogens is 270 g/mol. The summed E-state index contributed by atoms with van der Waals surface area (Å²) in [5.74, 6) is -0.925. The highest BCUT2D eigenvalue weighted by Gasteiger charge is 2.19. The predicted octanol–water partition coefficient (Wildman–Crippen LogP) is 2.34. The Labute approximate surface area is 119 Å². The molecule has 0 spiro atoms. The number of benzene rings is 1. The minimum Gasteiger partial charge on any atom is -0.508 e. The molecule has 2 N–H and O–H groups in total. The molecule has 0 unspecified atom stereocenters. The minimum absolute atomic E-state index is 0.0936. The maximum absolute atomic E-state index is 11.4. The number of hydrogen-bond donors (Lipinski definition) is 2. The first-order valence-electron chi connectivity index (χ1n) is 6.18. The highest BCUT2D eigenvalue weighted by atomic mass is 16.4. The zero-order valence-electron chi connectivity index (χ0n) is 10.8. The van der Waals surface area contributed by atoms with E-state index in [1.807, 2.05) is 0 Å². The van der Waals surface area contributed by atoms with Crippen LogP contribution < -0.4 is 0 Å². The van der Waals surface area contributed by atoms with Crippen molar-refractivity contribution in [2.75, 3.05) is 0 Å². The van der Waals surface area contributed by atoms with Crippen LogP contribution in [-0.4, -0.2) is 30.9 Å². The van der Waals surface area contributed by atoms with Gasteiger partial charge in [0.15, 0.2) is 0 Å². The molecule has 0 amide bonds. The molecule has 21 heavy (non-hydrogen) atoms. The highest BCUT2D eigenvalue weighted by Crippen LogP contribution is 2.26. The molecule has 3 rings (SSSR count). The van der Waals surface area contributed by atoms with Crippen LogP contribution in [0.5, 0.6) is 5.75 Å². The second-order valence-corrected chi connectivity index (χ2v) is 4.38. The Morgan fingerprint density at radius 1 is 1.10 bits per heavy atom. The van der Waals surface area contributed by atoms with Crippen LogP contribution in [0.3, 0.4) is 0 Å². The van der Waals surface area contributed by atoms with Crippen LogP contribution in [0.2, 0.25) is 0 Å².